The number of nitrogens with zero attached hydrogens (tertiary/aromatic N) is 3. The number of amides is 1. The highest BCUT2D eigenvalue weighted by Crippen LogP contribution is 2.36. The standard InChI is InChI=1S/C16H9ClF3N5OS/c17-12-2-1-10(4-11(12)16(18,19)20)24-13(26)7-27-15-9(6-22)3-8(5-21)14(23)25-15/h1-4H,7H2,(H2,23,25)(H,24,26). The van der Waals surface area contributed by atoms with Gasteiger partial charge in [0.2, 0.25) is 5.91 Å². The average molecular weight is 412 g/mol. The number of nitriles is 2. The number of aromatic nitrogens is 1. The van der Waals surface area contributed by atoms with Crippen LogP contribution in [0.2, 0.25) is 5.02 Å². The van der Waals surface area contributed by atoms with Crippen LogP contribution in [0.5, 0.6) is 0 Å². The molecule has 0 aliphatic carbocycles. The van der Waals surface area contributed by atoms with E-state index in [0.717, 1.165) is 23.9 Å². The normalized spacial score (nSPS) is 10.7. The molecule has 11 heteroatoms. The first-order valence-electron chi connectivity index (χ1n) is 7.05. The van der Waals surface area contributed by atoms with E-state index in [0.29, 0.717) is 0 Å². The molecule has 138 valence electrons. The van der Waals surface area contributed by atoms with Gasteiger partial charge in [-0.05, 0) is 24.3 Å². The average Bonchev–Trinajstić information content (AvgIpc) is 2.60. The molecule has 2 rings (SSSR count). The Morgan fingerprint density at radius 1 is 1.26 bits per heavy atom. The molecule has 0 spiro atoms. The Kier molecular flexibility index (Phi) is 6.16. The number of nitrogens with two attached hydrogens (primary N) is 1. The Labute approximate surface area is 160 Å². The lowest BCUT2D eigenvalue weighted by atomic mass is 10.2. The maximum Gasteiger partial charge on any atom is 0.417 e. The number of thioether (sulfide) groups is 1. The van der Waals surface area contributed by atoms with E-state index < -0.39 is 22.7 Å². The lowest BCUT2D eigenvalue weighted by Crippen LogP contribution is -2.15. The summed E-state index contributed by atoms with van der Waals surface area (Å²) in [5.74, 6) is -0.951. The molecule has 0 aliphatic rings. The van der Waals surface area contributed by atoms with Crippen LogP contribution in [0, 0.1) is 22.7 Å². The highest BCUT2D eigenvalue weighted by atomic mass is 35.5. The summed E-state index contributed by atoms with van der Waals surface area (Å²) in [6, 6.07) is 7.87. The van der Waals surface area contributed by atoms with Crippen LogP contribution >= 0.6 is 23.4 Å². The van der Waals surface area contributed by atoms with Crippen LogP contribution < -0.4 is 11.1 Å². The molecule has 0 unspecified atom stereocenters. The molecule has 3 N–H and O–H groups in total. The number of carbonyl (C=O) groups is 1. The summed E-state index contributed by atoms with van der Waals surface area (Å²) in [5.41, 5.74) is 4.52. The Bertz CT molecular complexity index is 982. The van der Waals surface area contributed by atoms with Crippen LogP contribution in [0.3, 0.4) is 0 Å². The Morgan fingerprint density at radius 2 is 1.93 bits per heavy atom. The topological polar surface area (TPSA) is 116 Å². The summed E-state index contributed by atoms with van der Waals surface area (Å²) >= 11 is 6.38. The van der Waals surface area contributed by atoms with E-state index in [2.05, 4.69) is 10.3 Å². The molecule has 0 saturated carbocycles. The Balaban J connectivity index is 2.11. The highest BCUT2D eigenvalue weighted by molar-refractivity contribution is 8.00. The second kappa shape index (κ2) is 8.16. The first kappa shape index (κ1) is 20.4. The fourth-order valence-electron chi connectivity index (χ4n) is 1.94. The van der Waals surface area contributed by atoms with Gasteiger partial charge in [0.25, 0.3) is 0 Å². The molecule has 1 aromatic heterocycles. The number of hydrogen-bond acceptors (Lipinski definition) is 6. The van der Waals surface area contributed by atoms with Crippen LogP contribution in [0.1, 0.15) is 16.7 Å². The second-order valence-electron chi connectivity index (χ2n) is 5.03. The molecule has 27 heavy (non-hydrogen) atoms. The van der Waals surface area contributed by atoms with Gasteiger partial charge in [-0.3, -0.25) is 4.79 Å². The van der Waals surface area contributed by atoms with E-state index in [1.165, 1.54) is 12.1 Å². The van der Waals surface area contributed by atoms with Crippen LogP contribution in [-0.4, -0.2) is 16.6 Å². The third-order valence-corrected chi connectivity index (χ3v) is 4.47. The third kappa shape index (κ3) is 5.03. The first-order chi connectivity index (χ1) is 12.7. The maximum atomic E-state index is 12.8. The van der Waals surface area contributed by atoms with E-state index >= 15 is 0 Å². The Morgan fingerprint density at radius 3 is 2.52 bits per heavy atom. The number of nitrogen functional groups attached to an aromatic ring is 1. The van der Waals surface area contributed by atoms with E-state index in [1.54, 1.807) is 6.07 Å². The van der Waals surface area contributed by atoms with Gasteiger partial charge in [0, 0.05) is 5.69 Å². The van der Waals surface area contributed by atoms with Crippen molar-refractivity contribution < 1.29 is 18.0 Å². The third-order valence-electron chi connectivity index (χ3n) is 3.15. The van der Waals surface area contributed by atoms with Crippen molar-refractivity contribution >= 4 is 40.8 Å². The number of pyridine rings is 1. The number of hydrogen-bond donors (Lipinski definition) is 2. The minimum Gasteiger partial charge on any atom is -0.383 e. The summed E-state index contributed by atoms with van der Waals surface area (Å²) in [5, 5.41) is 19.9. The van der Waals surface area contributed by atoms with Gasteiger partial charge in [0.1, 0.15) is 23.0 Å². The lowest BCUT2D eigenvalue weighted by Gasteiger charge is -2.12. The summed E-state index contributed by atoms with van der Waals surface area (Å²) in [6.45, 7) is 0. The van der Waals surface area contributed by atoms with Crippen molar-refractivity contribution in [2.75, 3.05) is 16.8 Å². The molecule has 1 aromatic carbocycles. The molecule has 0 bridgehead atoms. The molecule has 0 aliphatic heterocycles. The molecule has 1 amide bonds. The van der Waals surface area contributed by atoms with Gasteiger partial charge >= 0.3 is 6.18 Å². The van der Waals surface area contributed by atoms with E-state index in [9.17, 15) is 18.0 Å². The SMILES string of the molecule is N#Cc1cc(C#N)c(SCC(=O)Nc2ccc(Cl)c(C(F)(F)F)c2)nc1N. The zero-order valence-corrected chi connectivity index (χ0v) is 14.8. The van der Waals surface area contributed by atoms with E-state index in [1.807, 2.05) is 6.07 Å². The van der Waals surface area contributed by atoms with Crippen LogP contribution in [0.4, 0.5) is 24.7 Å². The van der Waals surface area contributed by atoms with Gasteiger partial charge in [-0.1, -0.05) is 23.4 Å². The number of carbonyl (C=O) groups excluding carboxylic acids is 1. The van der Waals surface area contributed by atoms with Gasteiger partial charge in [0.15, 0.2) is 0 Å². The number of anilines is 2. The smallest absolute Gasteiger partial charge is 0.383 e. The van der Waals surface area contributed by atoms with Crippen molar-refractivity contribution in [2.24, 2.45) is 0 Å². The van der Waals surface area contributed by atoms with Crippen molar-refractivity contribution in [3.63, 3.8) is 0 Å². The number of nitrogens with one attached hydrogen (secondary N) is 1. The van der Waals surface area contributed by atoms with Crippen molar-refractivity contribution in [3.8, 4) is 12.1 Å². The highest BCUT2D eigenvalue weighted by Gasteiger charge is 2.33. The Hall–Kier alpha value is -2.95. The maximum absolute atomic E-state index is 12.8. The number of benzene rings is 1. The minimum atomic E-state index is -4.65. The van der Waals surface area contributed by atoms with Gasteiger partial charge in [-0.2, -0.15) is 23.7 Å². The fraction of sp³-hybridized carbons (Fsp3) is 0.125. The van der Waals surface area contributed by atoms with Gasteiger partial charge < -0.3 is 11.1 Å². The summed E-state index contributed by atoms with van der Waals surface area (Å²) < 4.78 is 38.5. The molecular weight excluding hydrogens is 403 g/mol. The summed E-state index contributed by atoms with van der Waals surface area (Å²) in [6.07, 6.45) is -4.65. The van der Waals surface area contributed by atoms with Gasteiger partial charge in [-0.25, -0.2) is 4.98 Å². The number of halogens is 4. The fourth-order valence-corrected chi connectivity index (χ4v) is 2.93. The largest absolute Gasteiger partial charge is 0.417 e. The minimum absolute atomic E-state index is 0.0289. The molecule has 6 nitrogen and oxygen atoms in total. The molecular formula is C16H9ClF3N5OS. The zero-order valence-electron chi connectivity index (χ0n) is 13.3. The van der Waals surface area contributed by atoms with Gasteiger partial charge in [0.05, 0.1) is 27.5 Å². The quantitative estimate of drug-likeness (QED) is 0.739. The molecule has 1 heterocycles. The van der Waals surface area contributed by atoms with Crippen molar-refractivity contribution in [1.29, 1.82) is 10.5 Å². The predicted octanol–water partition coefficient (Wildman–Crippen LogP) is 3.81. The second-order valence-corrected chi connectivity index (χ2v) is 6.40. The number of rotatable bonds is 4. The monoisotopic (exact) mass is 411 g/mol. The number of alkyl halides is 3. The van der Waals surface area contributed by atoms with Crippen LogP contribution in [0.25, 0.3) is 0 Å². The summed E-state index contributed by atoms with van der Waals surface area (Å²) in [4.78, 5) is 15.9. The molecule has 0 fully saturated rings. The summed E-state index contributed by atoms with van der Waals surface area (Å²) in [7, 11) is 0. The van der Waals surface area contributed by atoms with Crippen molar-refractivity contribution in [3.05, 3.63) is 46.0 Å². The lowest BCUT2D eigenvalue weighted by molar-refractivity contribution is -0.137. The van der Waals surface area contributed by atoms with Crippen molar-refractivity contribution in [2.45, 2.75) is 11.2 Å². The van der Waals surface area contributed by atoms with E-state index in [4.69, 9.17) is 27.9 Å². The van der Waals surface area contributed by atoms with Crippen LogP contribution in [-0.2, 0) is 11.0 Å². The van der Waals surface area contributed by atoms with Crippen molar-refractivity contribution in [1.82, 2.24) is 4.98 Å². The van der Waals surface area contributed by atoms with Gasteiger partial charge in [-0.15, -0.1) is 0 Å². The molecule has 0 saturated heterocycles. The predicted molar refractivity (Wildman–Crippen MR) is 93.9 cm³/mol. The molecule has 2 aromatic rings. The molecule has 0 radical (unpaired) electrons. The zero-order chi connectivity index (χ0) is 20.2. The molecule has 0 atom stereocenters. The van der Waals surface area contributed by atoms with E-state index in [-0.39, 0.29) is 33.4 Å². The first-order valence-corrected chi connectivity index (χ1v) is 8.42. The van der Waals surface area contributed by atoms with Crippen LogP contribution in [0.15, 0.2) is 29.3 Å².